The van der Waals surface area contributed by atoms with Crippen molar-refractivity contribution in [1.29, 1.82) is 0 Å². The molecule has 3 N–H and O–H groups in total. The van der Waals surface area contributed by atoms with E-state index >= 15 is 0 Å². The summed E-state index contributed by atoms with van der Waals surface area (Å²) >= 11 is 0. The number of carbonyl (C=O) groups excluding carboxylic acids is 2. The van der Waals surface area contributed by atoms with Gasteiger partial charge in [0.15, 0.2) is 0 Å². The largest absolute Gasteiger partial charge is 0.336 e. The maximum absolute atomic E-state index is 12.7. The van der Waals surface area contributed by atoms with Crippen LogP contribution in [0.4, 0.5) is 5.69 Å². The lowest BCUT2D eigenvalue weighted by atomic mass is 10.0. The molecule has 1 saturated heterocycles. The fraction of sp³-hybridized carbons (Fsp3) is 0.600. The minimum atomic E-state index is -0.519. The van der Waals surface area contributed by atoms with Crippen LogP contribution in [0, 0.1) is 12.8 Å². The third-order valence-corrected chi connectivity index (χ3v) is 4.86. The van der Waals surface area contributed by atoms with Crippen molar-refractivity contribution in [3.63, 3.8) is 0 Å². The van der Waals surface area contributed by atoms with Crippen LogP contribution in [0.1, 0.15) is 62.4 Å². The molecule has 0 saturated carbocycles. The van der Waals surface area contributed by atoms with Crippen LogP contribution in [0.3, 0.4) is 0 Å². The van der Waals surface area contributed by atoms with Gasteiger partial charge in [-0.2, -0.15) is 0 Å². The molecule has 0 aromatic heterocycles. The van der Waals surface area contributed by atoms with E-state index in [4.69, 9.17) is 5.73 Å². The Labute approximate surface area is 163 Å². The third-order valence-electron chi connectivity index (χ3n) is 4.86. The summed E-state index contributed by atoms with van der Waals surface area (Å²) in [6, 6.07) is 5.22. The van der Waals surface area contributed by atoms with Crippen molar-refractivity contribution in [3.05, 3.63) is 29.3 Å². The first kappa shape index (κ1) is 22.5. The van der Waals surface area contributed by atoms with Crippen LogP contribution in [0.5, 0.6) is 0 Å². The van der Waals surface area contributed by atoms with Crippen molar-refractivity contribution in [2.24, 2.45) is 11.7 Å². The van der Waals surface area contributed by atoms with E-state index < -0.39 is 6.04 Å². The monoisotopic (exact) mass is 381 g/mol. The minimum Gasteiger partial charge on any atom is -0.336 e. The van der Waals surface area contributed by atoms with E-state index in [-0.39, 0.29) is 30.3 Å². The summed E-state index contributed by atoms with van der Waals surface area (Å²) in [4.78, 5) is 26.9. The molecule has 2 rings (SSSR count). The minimum absolute atomic E-state index is 0. The van der Waals surface area contributed by atoms with Crippen molar-refractivity contribution in [1.82, 2.24) is 4.90 Å². The zero-order valence-corrected chi connectivity index (χ0v) is 17.1. The fourth-order valence-electron chi connectivity index (χ4n) is 3.34. The van der Waals surface area contributed by atoms with Gasteiger partial charge >= 0.3 is 0 Å². The number of likely N-dealkylation sites (tertiary alicyclic amines) is 1. The van der Waals surface area contributed by atoms with Crippen LogP contribution in [-0.2, 0) is 4.79 Å². The molecule has 26 heavy (non-hydrogen) atoms. The fourth-order valence-corrected chi connectivity index (χ4v) is 3.34. The highest BCUT2D eigenvalue weighted by atomic mass is 35.5. The number of nitrogens with one attached hydrogen (secondary N) is 1. The highest BCUT2D eigenvalue weighted by molar-refractivity contribution is 5.98. The third kappa shape index (κ3) is 5.71. The standard InChI is InChI=1S/C20H31N3O2.ClH/c1-13(2)11-17(21)19(24)22-18-9-8-16(12-14(18)3)20(25)23-10-6-5-7-15(23)4;/h8-9,12-13,15,17H,5-7,10-11,21H2,1-4H3,(H,22,24);1H/t15?,17-;/m0./s1. The average molecular weight is 382 g/mol. The molecule has 1 fully saturated rings. The van der Waals surface area contributed by atoms with Gasteiger partial charge in [-0.3, -0.25) is 9.59 Å². The SMILES string of the molecule is Cc1cc(C(=O)N2CCCCC2C)ccc1NC(=O)[C@@H](N)CC(C)C.Cl. The summed E-state index contributed by atoms with van der Waals surface area (Å²) in [6.45, 7) is 8.91. The number of amides is 2. The molecule has 0 spiro atoms. The van der Waals surface area contributed by atoms with Crippen molar-refractivity contribution in [2.75, 3.05) is 11.9 Å². The van der Waals surface area contributed by atoms with Gasteiger partial charge in [-0.25, -0.2) is 0 Å². The lowest BCUT2D eigenvalue weighted by Crippen LogP contribution is -2.42. The predicted octanol–water partition coefficient (Wildman–Crippen LogP) is 3.74. The van der Waals surface area contributed by atoms with Crippen LogP contribution < -0.4 is 11.1 Å². The van der Waals surface area contributed by atoms with E-state index in [0.29, 0.717) is 23.6 Å². The Balaban J connectivity index is 0.00000338. The Bertz CT molecular complexity index is 633. The number of anilines is 1. The number of nitrogens with zero attached hydrogens (tertiary/aromatic N) is 1. The van der Waals surface area contributed by atoms with Crippen LogP contribution in [0.2, 0.25) is 0 Å². The Morgan fingerprint density at radius 2 is 2.00 bits per heavy atom. The molecule has 1 unspecified atom stereocenters. The zero-order valence-electron chi connectivity index (χ0n) is 16.2. The van der Waals surface area contributed by atoms with Crippen LogP contribution >= 0.6 is 12.4 Å². The number of piperidine rings is 1. The molecular weight excluding hydrogens is 350 g/mol. The molecule has 2 atom stereocenters. The van der Waals surface area contributed by atoms with Crippen LogP contribution in [-0.4, -0.2) is 35.3 Å². The molecule has 1 aromatic rings. The van der Waals surface area contributed by atoms with Gasteiger partial charge in [0, 0.05) is 23.8 Å². The molecule has 1 aromatic carbocycles. The topological polar surface area (TPSA) is 75.4 Å². The number of nitrogens with two attached hydrogens (primary N) is 1. The van der Waals surface area contributed by atoms with E-state index in [0.717, 1.165) is 24.9 Å². The first-order chi connectivity index (χ1) is 11.8. The lowest BCUT2D eigenvalue weighted by molar-refractivity contribution is -0.117. The number of hydrogen-bond acceptors (Lipinski definition) is 3. The molecule has 0 bridgehead atoms. The Kier molecular flexibility index (Phi) is 8.57. The summed E-state index contributed by atoms with van der Waals surface area (Å²) in [5.41, 5.74) is 8.20. The van der Waals surface area contributed by atoms with Gasteiger partial charge in [0.05, 0.1) is 6.04 Å². The van der Waals surface area contributed by atoms with E-state index in [9.17, 15) is 9.59 Å². The average Bonchev–Trinajstić information content (AvgIpc) is 2.55. The van der Waals surface area contributed by atoms with E-state index in [2.05, 4.69) is 12.2 Å². The number of benzene rings is 1. The zero-order chi connectivity index (χ0) is 18.6. The molecule has 1 aliphatic rings. The van der Waals surface area contributed by atoms with Crippen molar-refractivity contribution in [3.8, 4) is 0 Å². The van der Waals surface area contributed by atoms with Gasteiger partial charge in [0.1, 0.15) is 0 Å². The molecule has 1 aliphatic heterocycles. The number of carbonyl (C=O) groups is 2. The quantitative estimate of drug-likeness (QED) is 0.815. The second kappa shape index (κ2) is 9.93. The Morgan fingerprint density at radius 3 is 2.58 bits per heavy atom. The molecule has 6 heteroatoms. The van der Waals surface area contributed by atoms with Crippen molar-refractivity contribution >= 4 is 29.9 Å². The molecule has 2 amide bonds. The Hall–Kier alpha value is -1.59. The molecule has 5 nitrogen and oxygen atoms in total. The van der Waals surface area contributed by atoms with Gasteiger partial charge in [0.2, 0.25) is 5.91 Å². The normalized spacial score (nSPS) is 18.2. The Morgan fingerprint density at radius 1 is 1.31 bits per heavy atom. The van der Waals surface area contributed by atoms with E-state index in [1.807, 2.05) is 31.7 Å². The highest BCUT2D eigenvalue weighted by Gasteiger charge is 2.24. The summed E-state index contributed by atoms with van der Waals surface area (Å²) in [6.07, 6.45) is 3.96. The maximum Gasteiger partial charge on any atom is 0.254 e. The number of aryl methyl sites for hydroxylation is 1. The van der Waals surface area contributed by atoms with Crippen LogP contribution in [0.15, 0.2) is 18.2 Å². The van der Waals surface area contributed by atoms with Gasteiger partial charge in [-0.1, -0.05) is 13.8 Å². The van der Waals surface area contributed by atoms with Gasteiger partial charge < -0.3 is 16.0 Å². The number of rotatable bonds is 5. The smallest absolute Gasteiger partial charge is 0.254 e. The summed E-state index contributed by atoms with van der Waals surface area (Å²) in [7, 11) is 0. The van der Waals surface area contributed by atoms with Crippen LogP contribution in [0.25, 0.3) is 0 Å². The van der Waals surface area contributed by atoms with Gasteiger partial charge in [0.25, 0.3) is 5.91 Å². The first-order valence-electron chi connectivity index (χ1n) is 9.27. The van der Waals surface area contributed by atoms with Crippen molar-refractivity contribution < 1.29 is 9.59 Å². The summed E-state index contributed by atoms with van der Waals surface area (Å²) in [5.74, 6) is 0.263. The van der Waals surface area contributed by atoms with Gasteiger partial charge in [-0.15, -0.1) is 12.4 Å². The molecule has 0 radical (unpaired) electrons. The second-order valence-electron chi connectivity index (χ2n) is 7.60. The van der Waals surface area contributed by atoms with E-state index in [1.165, 1.54) is 6.42 Å². The molecule has 1 heterocycles. The number of halogens is 1. The first-order valence-corrected chi connectivity index (χ1v) is 9.27. The lowest BCUT2D eigenvalue weighted by Gasteiger charge is -2.33. The predicted molar refractivity (Wildman–Crippen MR) is 109 cm³/mol. The van der Waals surface area contributed by atoms with Crippen molar-refractivity contribution in [2.45, 2.75) is 65.5 Å². The molecule has 0 aliphatic carbocycles. The highest BCUT2D eigenvalue weighted by Crippen LogP contribution is 2.22. The molecule has 146 valence electrons. The van der Waals surface area contributed by atoms with Gasteiger partial charge in [-0.05, 0) is 69.2 Å². The number of hydrogen-bond donors (Lipinski definition) is 2. The maximum atomic E-state index is 12.7. The van der Waals surface area contributed by atoms with E-state index in [1.54, 1.807) is 12.1 Å². The summed E-state index contributed by atoms with van der Waals surface area (Å²) < 4.78 is 0. The molecular formula is C20H32ClN3O2. The summed E-state index contributed by atoms with van der Waals surface area (Å²) in [5, 5.41) is 2.88. The second-order valence-corrected chi connectivity index (χ2v) is 7.60.